The molecule has 96 valence electrons. The maximum absolute atomic E-state index is 2.01. The van der Waals surface area contributed by atoms with Gasteiger partial charge in [0.2, 0.25) is 0 Å². The van der Waals surface area contributed by atoms with E-state index in [1.807, 2.05) is 80.5 Å². The van der Waals surface area contributed by atoms with Crippen molar-refractivity contribution >= 4 is 80.5 Å². The van der Waals surface area contributed by atoms with Crippen LogP contribution in [0.15, 0.2) is 0 Å². The standard InChI is InChI=1S/C8H16S8/c1-2-4-6-8-10-12-14-16-15-13-11-9-7-5-3-1/h1-8H2. The molecule has 0 bridgehead atoms. The molecule has 0 saturated carbocycles. The van der Waals surface area contributed by atoms with Crippen molar-refractivity contribution in [2.45, 2.75) is 38.5 Å². The quantitative estimate of drug-likeness (QED) is 0.395. The molecule has 0 radical (unpaired) electrons. The third-order valence-corrected chi connectivity index (χ3v) is 17.5. The third kappa shape index (κ3) is 11.9. The van der Waals surface area contributed by atoms with Gasteiger partial charge in [-0.15, -0.1) is 0 Å². The van der Waals surface area contributed by atoms with Crippen LogP contribution in [0.25, 0.3) is 0 Å². The topological polar surface area (TPSA) is 0 Å². The van der Waals surface area contributed by atoms with Gasteiger partial charge in [-0.05, 0) is 71.8 Å². The van der Waals surface area contributed by atoms with Crippen molar-refractivity contribution in [1.29, 1.82) is 0 Å². The highest BCUT2D eigenvalue weighted by Gasteiger charge is 1.99. The average Bonchev–Trinajstić information content (AvgIpc) is 2.29. The van der Waals surface area contributed by atoms with Crippen LogP contribution in [0.5, 0.6) is 0 Å². The van der Waals surface area contributed by atoms with Crippen LogP contribution in [0.2, 0.25) is 0 Å². The van der Waals surface area contributed by atoms with Gasteiger partial charge in [-0.1, -0.05) is 47.3 Å². The molecule has 0 aliphatic carbocycles. The van der Waals surface area contributed by atoms with E-state index in [4.69, 9.17) is 0 Å². The van der Waals surface area contributed by atoms with Crippen LogP contribution in [-0.2, 0) is 0 Å². The summed E-state index contributed by atoms with van der Waals surface area (Å²) in [6.45, 7) is 0. The van der Waals surface area contributed by atoms with Gasteiger partial charge in [-0.3, -0.25) is 0 Å². The van der Waals surface area contributed by atoms with E-state index in [2.05, 4.69) is 0 Å². The summed E-state index contributed by atoms with van der Waals surface area (Å²) >= 11 is 0. The Morgan fingerprint density at radius 2 is 0.750 bits per heavy atom. The van der Waals surface area contributed by atoms with E-state index in [0.717, 1.165) is 0 Å². The minimum atomic E-state index is 1.32. The number of hydrogen-bond donors (Lipinski definition) is 0. The van der Waals surface area contributed by atoms with E-state index in [1.54, 1.807) is 0 Å². The predicted octanol–water partition coefficient (Wildman–Crippen LogP) is 7.61. The Hall–Kier alpha value is 2.80. The van der Waals surface area contributed by atoms with Crippen LogP contribution in [0, 0.1) is 0 Å². The SMILES string of the molecule is C1CCCCSSSSSSSSCCC1. The number of rotatable bonds is 0. The zero-order valence-electron chi connectivity index (χ0n) is 8.92. The van der Waals surface area contributed by atoms with E-state index in [0.29, 0.717) is 0 Å². The molecule has 8 heteroatoms. The summed E-state index contributed by atoms with van der Waals surface area (Å²) in [5, 5.41) is 0. The lowest BCUT2D eigenvalue weighted by Gasteiger charge is -2.03. The Morgan fingerprint density at radius 1 is 0.375 bits per heavy atom. The minimum absolute atomic E-state index is 1.32. The van der Waals surface area contributed by atoms with E-state index in [1.165, 1.54) is 50.0 Å². The van der Waals surface area contributed by atoms with Gasteiger partial charge in [0.05, 0.1) is 0 Å². The Balaban J connectivity index is 2.00. The van der Waals surface area contributed by atoms with Gasteiger partial charge in [0, 0.05) is 11.5 Å². The zero-order valence-corrected chi connectivity index (χ0v) is 15.5. The Bertz CT molecular complexity index is 80.0. The highest BCUT2D eigenvalue weighted by molar-refractivity contribution is 9.48. The molecular formula is C8H16S8. The second-order valence-corrected chi connectivity index (χ2v) is 16.5. The largest absolute Gasteiger partial charge is 0.0817 e. The fourth-order valence-electron chi connectivity index (χ4n) is 1.18. The maximum atomic E-state index is 2.01. The highest BCUT2D eigenvalue weighted by atomic mass is 34.0. The molecule has 1 aliphatic rings. The van der Waals surface area contributed by atoms with Gasteiger partial charge >= 0.3 is 0 Å². The maximum Gasteiger partial charge on any atom is 0.00454 e. The molecule has 1 fully saturated rings. The van der Waals surface area contributed by atoms with Crippen molar-refractivity contribution < 1.29 is 0 Å². The molecule has 0 N–H and O–H groups in total. The lowest BCUT2D eigenvalue weighted by molar-refractivity contribution is 0.630. The first-order valence-electron chi connectivity index (χ1n) is 5.24. The Kier molecular flexibility index (Phi) is 15.0. The monoisotopic (exact) mass is 368 g/mol. The first-order chi connectivity index (χ1) is 8.00. The van der Waals surface area contributed by atoms with Crippen LogP contribution in [0.4, 0.5) is 0 Å². The highest BCUT2D eigenvalue weighted by Crippen LogP contribution is 2.57. The summed E-state index contributed by atoms with van der Waals surface area (Å²) in [6, 6.07) is 0. The predicted molar refractivity (Wildman–Crippen MR) is 98.2 cm³/mol. The van der Waals surface area contributed by atoms with Crippen molar-refractivity contribution in [3.8, 4) is 0 Å². The smallest absolute Gasteiger partial charge is 0.00454 e. The summed E-state index contributed by atoms with van der Waals surface area (Å²) in [5.74, 6) is 2.64. The van der Waals surface area contributed by atoms with Crippen LogP contribution in [-0.4, -0.2) is 11.5 Å². The molecule has 1 saturated heterocycles. The fourth-order valence-corrected chi connectivity index (χ4v) is 18.4. The molecule has 1 heterocycles. The van der Waals surface area contributed by atoms with E-state index in [-0.39, 0.29) is 0 Å². The van der Waals surface area contributed by atoms with Crippen LogP contribution < -0.4 is 0 Å². The van der Waals surface area contributed by atoms with E-state index < -0.39 is 0 Å². The average molecular weight is 369 g/mol. The van der Waals surface area contributed by atoms with Crippen LogP contribution in [0.3, 0.4) is 0 Å². The number of hydrogen-bond acceptors (Lipinski definition) is 8. The minimum Gasteiger partial charge on any atom is -0.0817 e. The van der Waals surface area contributed by atoms with Crippen LogP contribution >= 0.6 is 80.5 Å². The van der Waals surface area contributed by atoms with Crippen molar-refractivity contribution in [3.63, 3.8) is 0 Å². The lowest BCUT2D eigenvalue weighted by atomic mass is 10.1. The van der Waals surface area contributed by atoms with Crippen molar-refractivity contribution in [2.75, 3.05) is 11.5 Å². The molecule has 1 rings (SSSR count). The third-order valence-electron chi connectivity index (χ3n) is 1.94. The van der Waals surface area contributed by atoms with E-state index in [9.17, 15) is 0 Å². The first-order valence-corrected chi connectivity index (χ1v) is 15.7. The molecule has 0 atom stereocenters. The van der Waals surface area contributed by atoms with Crippen molar-refractivity contribution in [3.05, 3.63) is 0 Å². The Morgan fingerprint density at radius 3 is 1.25 bits per heavy atom. The fraction of sp³-hybridized carbons (Fsp3) is 1.00. The molecule has 0 unspecified atom stereocenters. The van der Waals surface area contributed by atoms with Gasteiger partial charge in [-0.2, -0.15) is 0 Å². The van der Waals surface area contributed by atoms with E-state index >= 15 is 0 Å². The molecular weight excluding hydrogens is 353 g/mol. The van der Waals surface area contributed by atoms with Gasteiger partial charge in [0.15, 0.2) is 0 Å². The lowest BCUT2D eigenvalue weighted by Crippen LogP contribution is -1.82. The van der Waals surface area contributed by atoms with Gasteiger partial charge in [0.1, 0.15) is 0 Å². The second kappa shape index (κ2) is 14.2. The van der Waals surface area contributed by atoms with Crippen LogP contribution in [0.1, 0.15) is 38.5 Å². The first kappa shape index (κ1) is 16.9. The van der Waals surface area contributed by atoms with Gasteiger partial charge in [0.25, 0.3) is 0 Å². The summed E-state index contributed by atoms with van der Waals surface area (Å²) in [4.78, 5) is 0. The van der Waals surface area contributed by atoms with Crippen molar-refractivity contribution in [1.82, 2.24) is 0 Å². The molecule has 0 aromatic heterocycles. The molecule has 0 amide bonds. The van der Waals surface area contributed by atoms with Gasteiger partial charge in [-0.25, -0.2) is 0 Å². The summed E-state index contributed by atoms with van der Waals surface area (Å²) in [6.07, 6.45) is 8.53. The molecule has 1 aliphatic heterocycles. The van der Waals surface area contributed by atoms with Gasteiger partial charge < -0.3 is 0 Å². The molecule has 0 aromatic rings. The normalized spacial score (nSPS) is 24.0. The van der Waals surface area contributed by atoms with Crippen molar-refractivity contribution in [2.24, 2.45) is 0 Å². The molecule has 0 spiro atoms. The summed E-state index contributed by atoms with van der Waals surface area (Å²) in [5.41, 5.74) is 0. The molecule has 0 nitrogen and oxygen atoms in total. The molecule has 16 heavy (non-hydrogen) atoms. The Labute approximate surface area is 129 Å². The summed E-state index contributed by atoms with van der Waals surface area (Å²) in [7, 11) is 15.5. The second-order valence-electron chi connectivity index (χ2n) is 3.17. The molecule has 0 aromatic carbocycles. The summed E-state index contributed by atoms with van der Waals surface area (Å²) < 4.78 is 0. The zero-order chi connectivity index (χ0) is 11.3.